The smallest absolute Gasteiger partial charge is 0.462 e. The van der Waals surface area contributed by atoms with Gasteiger partial charge in [0.1, 0.15) is 19.3 Å². The van der Waals surface area contributed by atoms with Crippen molar-refractivity contribution >= 4 is 39.5 Å². The van der Waals surface area contributed by atoms with Gasteiger partial charge in [-0.25, -0.2) is 9.13 Å². The lowest BCUT2D eigenvalue weighted by molar-refractivity contribution is -0.161. The van der Waals surface area contributed by atoms with Gasteiger partial charge in [-0.05, 0) is 43.4 Å². The van der Waals surface area contributed by atoms with Gasteiger partial charge in [-0.1, -0.05) is 312 Å². The maximum atomic E-state index is 13.0. The summed E-state index contributed by atoms with van der Waals surface area (Å²) in [6, 6.07) is 0. The number of carbonyl (C=O) groups excluding carboxylic acids is 4. The van der Waals surface area contributed by atoms with Crippen LogP contribution in [0.4, 0.5) is 0 Å². The molecular formula is C72H140O17P2. The van der Waals surface area contributed by atoms with Crippen molar-refractivity contribution in [1.82, 2.24) is 0 Å². The Bertz CT molecular complexity index is 1780. The molecule has 0 radical (unpaired) electrons. The van der Waals surface area contributed by atoms with E-state index in [1.807, 2.05) is 0 Å². The van der Waals surface area contributed by atoms with Crippen molar-refractivity contribution in [2.75, 3.05) is 39.6 Å². The zero-order valence-electron chi connectivity index (χ0n) is 59.3. The standard InChI is InChI=1S/C72H140O17P2/c1-8-9-10-11-12-32-39-46-53-69(74)82-59-68(89-72(77)56-49-42-35-28-31-38-45-52-65(6)7)62-87-91(80,81)85-58-66(73)57-84-90(78,79)86-61-67(60-83-70(75)54-47-40-33-26-22-19-18-21-25-30-37-44-51-64(4)5)88-71(76)55-48-41-34-27-23-17-15-13-14-16-20-24-29-36-43-50-63(2)3/h63-68,73H,8-62H2,1-7H3,(H,78,79)(H,80,81)/t66-,67-,68-/m1/s1. The van der Waals surface area contributed by atoms with Gasteiger partial charge in [0, 0.05) is 25.7 Å². The highest BCUT2D eigenvalue weighted by molar-refractivity contribution is 7.47. The van der Waals surface area contributed by atoms with E-state index in [-0.39, 0.29) is 25.7 Å². The van der Waals surface area contributed by atoms with Crippen LogP contribution >= 0.6 is 15.6 Å². The molecule has 0 aliphatic rings. The van der Waals surface area contributed by atoms with Crippen LogP contribution < -0.4 is 0 Å². The molecule has 0 fully saturated rings. The molecule has 0 aliphatic carbocycles. The molecule has 0 amide bonds. The topological polar surface area (TPSA) is 237 Å². The third kappa shape index (κ3) is 66.5. The number of unbranched alkanes of at least 4 members (excludes halogenated alkanes) is 38. The second kappa shape index (κ2) is 62.8. The third-order valence-electron chi connectivity index (χ3n) is 16.6. The molecule has 0 heterocycles. The first-order chi connectivity index (χ1) is 43.7. The van der Waals surface area contributed by atoms with Gasteiger partial charge in [-0.3, -0.25) is 37.3 Å². The van der Waals surface area contributed by atoms with Gasteiger partial charge in [0.25, 0.3) is 0 Å². The molecule has 2 unspecified atom stereocenters. The van der Waals surface area contributed by atoms with Crippen LogP contribution in [0, 0.1) is 17.8 Å². The zero-order chi connectivity index (χ0) is 67.3. The third-order valence-corrected chi connectivity index (χ3v) is 18.5. The fraction of sp³-hybridized carbons (Fsp3) is 0.944. The molecule has 17 nitrogen and oxygen atoms in total. The van der Waals surface area contributed by atoms with E-state index in [1.54, 1.807) is 0 Å². The summed E-state index contributed by atoms with van der Waals surface area (Å²) in [5, 5.41) is 10.6. The van der Waals surface area contributed by atoms with Crippen LogP contribution in [0.2, 0.25) is 0 Å². The normalized spacial score (nSPS) is 14.2. The van der Waals surface area contributed by atoms with Crippen molar-refractivity contribution in [2.45, 2.75) is 381 Å². The van der Waals surface area contributed by atoms with Gasteiger partial charge in [-0.2, -0.15) is 0 Å². The highest BCUT2D eigenvalue weighted by Crippen LogP contribution is 2.45. The Kier molecular flexibility index (Phi) is 61.5. The van der Waals surface area contributed by atoms with E-state index in [0.29, 0.717) is 31.6 Å². The van der Waals surface area contributed by atoms with Crippen molar-refractivity contribution in [2.24, 2.45) is 17.8 Å². The van der Waals surface area contributed by atoms with Crippen molar-refractivity contribution in [3.63, 3.8) is 0 Å². The lowest BCUT2D eigenvalue weighted by Gasteiger charge is -2.21. The molecule has 19 heteroatoms. The number of carbonyl (C=O) groups is 4. The molecule has 0 aromatic carbocycles. The van der Waals surface area contributed by atoms with Crippen LogP contribution in [0.3, 0.4) is 0 Å². The highest BCUT2D eigenvalue weighted by Gasteiger charge is 2.30. The summed E-state index contributed by atoms with van der Waals surface area (Å²) >= 11 is 0. The maximum absolute atomic E-state index is 13.0. The number of esters is 4. The average molecular weight is 1340 g/mol. The first-order valence-electron chi connectivity index (χ1n) is 37.3. The molecule has 0 spiro atoms. The van der Waals surface area contributed by atoms with Gasteiger partial charge >= 0.3 is 39.5 Å². The van der Waals surface area contributed by atoms with E-state index in [0.717, 1.165) is 108 Å². The summed E-state index contributed by atoms with van der Waals surface area (Å²) in [7, 11) is -9.90. The minimum Gasteiger partial charge on any atom is -0.462 e. The molecule has 0 aliphatic heterocycles. The fourth-order valence-corrected chi connectivity index (χ4v) is 12.5. The monoisotopic (exact) mass is 1340 g/mol. The Labute approximate surface area is 556 Å². The fourth-order valence-electron chi connectivity index (χ4n) is 10.9. The quantitative estimate of drug-likeness (QED) is 0.0222. The number of aliphatic hydroxyl groups excluding tert-OH is 1. The predicted octanol–water partition coefficient (Wildman–Crippen LogP) is 20.6. The van der Waals surface area contributed by atoms with Crippen molar-refractivity contribution in [1.29, 1.82) is 0 Å². The van der Waals surface area contributed by atoms with Crippen LogP contribution in [-0.4, -0.2) is 96.7 Å². The van der Waals surface area contributed by atoms with Gasteiger partial charge in [0.2, 0.25) is 0 Å². The number of phosphoric ester groups is 2. The van der Waals surface area contributed by atoms with Crippen LogP contribution in [0.1, 0.15) is 363 Å². The molecule has 0 aromatic heterocycles. The van der Waals surface area contributed by atoms with Crippen LogP contribution in [0.5, 0.6) is 0 Å². The summed E-state index contributed by atoms with van der Waals surface area (Å²) in [5.41, 5.74) is 0. The van der Waals surface area contributed by atoms with E-state index in [1.165, 1.54) is 167 Å². The minimum atomic E-state index is -4.95. The molecule has 91 heavy (non-hydrogen) atoms. The average Bonchev–Trinajstić information content (AvgIpc) is 2.28. The Hall–Kier alpha value is -1.94. The first-order valence-corrected chi connectivity index (χ1v) is 40.3. The number of phosphoric acid groups is 2. The Morgan fingerprint density at radius 3 is 0.747 bits per heavy atom. The molecular weight excluding hydrogens is 1200 g/mol. The predicted molar refractivity (Wildman–Crippen MR) is 368 cm³/mol. The van der Waals surface area contributed by atoms with Crippen molar-refractivity contribution in [3.8, 4) is 0 Å². The SMILES string of the molecule is CCCCCCCCCCC(=O)OC[C@H](COP(=O)(O)OC[C@H](O)COP(=O)(O)OC[C@@H](COC(=O)CCCCCCCCCCCCCCC(C)C)OC(=O)CCCCCCCCCCCCCCCCCC(C)C)OC(=O)CCCCCCCCCC(C)C. The molecule has 540 valence electrons. The molecule has 0 aromatic rings. The van der Waals surface area contributed by atoms with E-state index >= 15 is 0 Å². The number of hydrogen-bond acceptors (Lipinski definition) is 15. The Balaban J connectivity index is 5.21. The largest absolute Gasteiger partial charge is 0.472 e. The molecule has 0 bridgehead atoms. The second-order valence-electron chi connectivity index (χ2n) is 27.4. The number of rotatable bonds is 70. The molecule has 0 saturated heterocycles. The van der Waals surface area contributed by atoms with Gasteiger partial charge in [0.15, 0.2) is 12.2 Å². The van der Waals surface area contributed by atoms with Crippen molar-refractivity contribution in [3.05, 3.63) is 0 Å². The molecule has 0 rings (SSSR count). The summed E-state index contributed by atoms with van der Waals surface area (Å²) in [6.45, 7) is 11.8. The molecule has 0 saturated carbocycles. The van der Waals surface area contributed by atoms with Crippen LogP contribution in [0.15, 0.2) is 0 Å². The van der Waals surface area contributed by atoms with E-state index < -0.39 is 97.5 Å². The maximum Gasteiger partial charge on any atom is 0.472 e. The molecule has 5 atom stereocenters. The van der Waals surface area contributed by atoms with Gasteiger partial charge in [0.05, 0.1) is 26.4 Å². The van der Waals surface area contributed by atoms with E-state index in [2.05, 4.69) is 48.5 Å². The van der Waals surface area contributed by atoms with Gasteiger partial charge < -0.3 is 33.8 Å². The lowest BCUT2D eigenvalue weighted by Crippen LogP contribution is -2.30. The Morgan fingerprint density at radius 1 is 0.297 bits per heavy atom. The Morgan fingerprint density at radius 2 is 0.505 bits per heavy atom. The lowest BCUT2D eigenvalue weighted by atomic mass is 10.0. The van der Waals surface area contributed by atoms with E-state index in [4.69, 9.17) is 37.0 Å². The number of hydrogen-bond donors (Lipinski definition) is 3. The van der Waals surface area contributed by atoms with Crippen LogP contribution in [-0.2, 0) is 65.4 Å². The van der Waals surface area contributed by atoms with Crippen molar-refractivity contribution < 1.29 is 80.2 Å². The summed E-state index contributed by atoms with van der Waals surface area (Å²) in [5.74, 6) is 0.153. The molecule has 3 N–H and O–H groups in total. The first kappa shape index (κ1) is 89.1. The second-order valence-corrected chi connectivity index (χ2v) is 30.3. The summed E-state index contributed by atoms with van der Waals surface area (Å²) in [6.07, 6.45) is 47.4. The summed E-state index contributed by atoms with van der Waals surface area (Å²) < 4.78 is 68.3. The van der Waals surface area contributed by atoms with Gasteiger partial charge in [-0.15, -0.1) is 0 Å². The van der Waals surface area contributed by atoms with Crippen LogP contribution in [0.25, 0.3) is 0 Å². The summed E-state index contributed by atoms with van der Waals surface area (Å²) in [4.78, 5) is 72.5. The number of aliphatic hydroxyl groups is 1. The highest BCUT2D eigenvalue weighted by atomic mass is 31.2. The van der Waals surface area contributed by atoms with E-state index in [9.17, 15) is 43.2 Å². The zero-order valence-corrected chi connectivity index (χ0v) is 61.1. The number of ether oxygens (including phenoxy) is 4. The minimum absolute atomic E-state index is 0.103.